The summed E-state index contributed by atoms with van der Waals surface area (Å²) < 4.78 is 5.11. The standard InChI is InChI=1S/C19H20ClNO2/c1-12(14-7-6-13-4-3-5-15(13)10-14)21-19(22)16-8-9-18(23-2)17(20)11-16/h6-12H,3-5H2,1-2H3,(H,21,22). The predicted octanol–water partition coefficient (Wildman–Crippen LogP) is 4.33. The van der Waals surface area contributed by atoms with Gasteiger partial charge in [-0.3, -0.25) is 4.79 Å². The molecule has 0 fully saturated rings. The fourth-order valence-corrected chi connectivity index (χ4v) is 3.29. The molecule has 23 heavy (non-hydrogen) atoms. The summed E-state index contributed by atoms with van der Waals surface area (Å²) >= 11 is 6.09. The maximum Gasteiger partial charge on any atom is 0.251 e. The van der Waals surface area contributed by atoms with Gasteiger partial charge in [0.1, 0.15) is 5.75 Å². The Hall–Kier alpha value is -2.00. The summed E-state index contributed by atoms with van der Waals surface area (Å²) in [4.78, 5) is 12.4. The average molecular weight is 330 g/mol. The first kappa shape index (κ1) is 15.9. The second-order valence-electron chi connectivity index (χ2n) is 5.93. The molecule has 1 atom stereocenters. The molecule has 0 radical (unpaired) electrons. The van der Waals surface area contributed by atoms with Gasteiger partial charge in [0.2, 0.25) is 0 Å². The third-order valence-corrected chi connectivity index (χ3v) is 4.68. The number of rotatable bonds is 4. The minimum atomic E-state index is -0.137. The number of amides is 1. The number of methoxy groups -OCH3 is 1. The molecule has 0 spiro atoms. The first-order chi connectivity index (χ1) is 11.1. The Labute approximate surface area is 141 Å². The van der Waals surface area contributed by atoms with Crippen molar-refractivity contribution >= 4 is 17.5 Å². The van der Waals surface area contributed by atoms with Crippen LogP contribution in [0.2, 0.25) is 5.02 Å². The zero-order valence-corrected chi connectivity index (χ0v) is 14.1. The van der Waals surface area contributed by atoms with Gasteiger partial charge in [0.25, 0.3) is 5.91 Å². The van der Waals surface area contributed by atoms with Gasteiger partial charge in [0.05, 0.1) is 18.2 Å². The Kier molecular flexibility index (Phi) is 4.58. The van der Waals surface area contributed by atoms with Crippen molar-refractivity contribution in [3.63, 3.8) is 0 Å². The molecule has 0 aliphatic heterocycles. The van der Waals surface area contributed by atoms with Crippen LogP contribution in [-0.4, -0.2) is 13.0 Å². The topological polar surface area (TPSA) is 38.3 Å². The Morgan fingerprint density at radius 1 is 1.17 bits per heavy atom. The van der Waals surface area contributed by atoms with E-state index in [9.17, 15) is 4.79 Å². The van der Waals surface area contributed by atoms with Gasteiger partial charge in [-0.25, -0.2) is 0 Å². The van der Waals surface area contributed by atoms with Gasteiger partial charge < -0.3 is 10.1 Å². The molecule has 0 bridgehead atoms. The Balaban J connectivity index is 1.73. The van der Waals surface area contributed by atoms with Crippen LogP contribution in [0.1, 0.15) is 46.4 Å². The molecule has 0 saturated carbocycles. The maximum absolute atomic E-state index is 12.4. The highest BCUT2D eigenvalue weighted by Crippen LogP contribution is 2.27. The van der Waals surface area contributed by atoms with E-state index in [4.69, 9.17) is 16.3 Å². The van der Waals surface area contributed by atoms with Crippen LogP contribution in [0.25, 0.3) is 0 Å². The summed E-state index contributed by atoms with van der Waals surface area (Å²) in [6.45, 7) is 2.00. The van der Waals surface area contributed by atoms with Crippen molar-refractivity contribution in [3.8, 4) is 5.75 Å². The summed E-state index contributed by atoms with van der Waals surface area (Å²) in [5, 5.41) is 3.47. The molecule has 1 aliphatic carbocycles. The summed E-state index contributed by atoms with van der Waals surface area (Å²) in [5.74, 6) is 0.428. The van der Waals surface area contributed by atoms with E-state index >= 15 is 0 Å². The van der Waals surface area contributed by atoms with E-state index < -0.39 is 0 Å². The first-order valence-electron chi connectivity index (χ1n) is 7.84. The molecule has 4 heteroatoms. The van der Waals surface area contributed by atoms with Crippen LogP contribution in [-0.2, 0) is 12.8 Å². The van der Waals surface area contributed by atoms with Gasteiger partial charge in [0.15, 0.2) is 0 Å². The summed E-state index contributed by atoms with van der Waals surface area (Å²) in [6.07, 6.45) is 3.53. The van der Waals surface area contributed by atoms with E-state index in [2.05, 4.69) is 23.5 Å². The Morgan fingerprint density at radius 3 is 2.70 bits per heavy atom. The highest BCUT2D eigenvalue weighted by molar-refractivity contribution is 6.32. The SMILES string of the molecule is COc1ccc(C(=O)NC(C)c2ccc3c(c2)CCC3)cc1Cl. The Morgan fingerprint density at radius 2 is 1.96 bits per heavy atom. The number of nitrogens with one attached hydrogen (secondary N) is 1. The number of aryl methyl sites for hydroxylation is 2. The number of hydrogen-bond donors (Lipinski definition) is 1. The lowest BCUT2D eigenvalue weighted by Gasteiger charge is -2.16. The Bertz CT molecular complexity index is 742. The number of halogens is 1. The molecule has 1 unspecified atom stereocenters. The van der Waals surface area contributed by atoms with Crippen LogP contribution in [0.5, 0.6) is 5.75 Å². The third-order valence-electron chi connectivity index (χ3n) is 4.38. The van der Waals surface area contributed by atoms with E-state index in [1.165, 1.54) is 24.0 Å². The van der Waals surface area contributed by atoms with Gasteiger partial charge in [-0.15, -0.1) is 0 Å². The van der Waals surface area contributed by atoms with Crippen molar-refractivity contribution in [1.29, 1.82) is 0 Å². The smallest absolute Gasteiger partial charge is 0.251 e. The molecular formula is C19H20ClNO2. The molecule has 3 rings (SSSR count). The summed E-state index contributed by atoms with van der Waals surface area (Å²) in [5.41, 5.74) is 4.52. The highest BCUT2D eigenvalue weighted by atomic mass is 35.5. The molecule has 120 valence electrons. The lowest BCUT2D eigenvalue weighted by Crippen LogP contribution is -2.26. The highest BCUT2D eigenvalue weighted by Gasteiger charge is 2.16. The molecule has 1 amide bonds. The monoisotopic (exact) mass is 329 g/mol. The first-order valence-corrected chi connectivity index (χ1v) is 8.22. The number of carbonyl (C=O) groups excluding carboxylic acids is 1. The molecule has 3 nitrogen and oxygen atoms in total. The molecule has 0 saturated heterocycles. The van der Waals surface area contributed by atoms with Gasteiger partial charge in [0, 0.05) is 5.56 Å². The van der Waals surface area contributed by atoms with E-state index in [0.717, 1.165) is 12.0 Å². The lowest BCUT2D eigenvalue weighted by atomic mass is 10.0. The van der Waals surface area contributed by atoms with Crippen molar-refractivity contribution in [2.45, 2.75) is 32.2 Å². The normalized spacial score (nSPS) is 14.2. The minimum absolute atomic E-state index is 0.0470. The van der Waals surface area contributed by atoms with Gasteiger partial charge >= 0.3 is 0 Å². The summed E-state index contributed by atoms with van der Waals surface area (Å²) in [6, 6.07) is 11.5. The van der Waals surface area contributed by atoms with Crippen LogP contribution in [0.4, 0.5) is 0 Å². The molecular weight excluding hydrogens is 310 g/mol. The largest absolute Gasteiger partial charge is 0.495 e. The number of carbonyl (C=O) groups is 1. The molecule has 0 aromatic heterocycles. The van der Waals surface area contributed by atoms with Crippen molar-refractivity contribution in [2.75, 3.05) is 7.11 Å². The summed E-state index contributed by atoms with van der Waals surface area (Å²) in [7, 11) is 1.55. The number of ether oxygens (including phenoxy) is 1. The number of hydrogen-bond acceptors (Lipinski definition) is 2. The van der Waals surface area contributed by atoms with E-state index in [1.807, 2.05) is 6.92 Å². The third kappa shape index (κ3) is 3.35. The second-order valence-corrected chi connectivity index (χ2v) is 6.33. The van der Waals surface area contributed by atoms with Crippen molar-refractivity contribution in [3.05, 3.63) is 63.7 Å². The van der Waals surface area contributed by atoms with Crippen LogP contribution in [0.3, 0.4) is 0 Å². The minimum Gasteiger partial charge on any atom is -0.495 e. The fourth-order valence-electron chi connectivity index (χ4n) is 3.03. The second kappa shape index (κ2) is 6.63. The number of fused-ring (bicyclic) bond motifs is 1. The molecule has 0 heterocycles. The van der Waals surface area contributed by atoms with Crippen LogP contribution in [0.15, 0.2) is 36.4 Å². The molecule has 2 aromatic rings. The number of benzene rings is 2. The van der Waals surface area contributed by atoms with E-state index in [-0.39, 0.29) is 11.9 Å². The fraction of sp³-hybridized carbons (Fsp3) is 0.316. The van der Waals surface area contributed by atoms with Gasteiger partial charge in [-0.1, -0.05) is 29.8 Å². The zero-order valence-electron chi connectivity index (χ0n) is 13.4. The predicted molar refractivity (Wildman–Crippen MR) is 92.4 cm³/mol. The van der Waals surface area contributed by atoms with E-state index in [1.54, 1.807) is 25.3 Å². The maximum atomic E-state index is 12.4. The van der Waals surface area contributed by atoms with Crippen LogP contribution < -0.4 is 10.1 Å². The van der Waals surface area contributed by atoms with Crippen molar-refractivity contribution < 1.29 is 9.53 Å². The zero-order chi connectivity index (χ0) is 16.4. The van der Waals surface area contributed by atoms with Crippen molar-refractivity contribution in [1.82, 2.24) is 5.32 Å². The van der Waals surface area contributed by atoms with Crippen LogP contribution in [0, 0.1) is 0 Å². The average Bonchev–Trinajstić information content (AvgIpc) is 3.02. The molecule has 2 aromatic carbocycles. The quantitative estimate of drug-likeness (QED) is 0.906. The van der Waals surface area contributed by atoms with Gasteiger partial charge in [-0.05, 0) is 61.1 Å². The lowest BCUT2D eigenvalue weighted by molar-refractivity contribution is 0.0940. The van der Waals surface area contributed by atoms with Crippen molar-refractivity contribution in [2.24, 2.45) is 0 Å². The van der Waals surface area contributed by atoms with Gasteiger partial charge in [-0.2, -0.15) is 0 Å². The molecule has 1 N–H and O–H groups in total. The van der Waals surface area contributed by atoms with E-state index in [0.29, 0.717) is 16.3 Å². The molecule has 1 aliphatic rings. The van der Waals surface area contributed by atoms with Crippen LogP contribution >= 0.6 is 11.6 Å².